The van der Waals surface area contributed by atoms with Gasteiger partial charge in [0.05, 0.1) is 0 Å². The maximum absolute atomic E-state index is 4.54. The van der Waals surface area contributed by atoms with Crippen LogP contribution in [0.4, 0.5) is 11.6 Å². The number of hydrogen-bond acceptors (Lipinski definition) is 4. The molecule has 0 aliphatic heterocycles. The zero-order chi connectivity index (χ0) is 13.7. The second-order valence-electron chi connectivity index (χ2n) is 5.31. The molecule has 0 unspecified atom stereocenters. The van der Waals surface area contributed by atoms with Crippen LogP contribution in [0.3, 0.4) is 0 Å². The summed E-state index contributed by atoms with van der Waals surface area (Å²) in [6.07, 6.45) is 9.32. The number of anilines is 2. The molecule has 0 saturated heterocycles. The summed E-state index contributed by atoms with van der Waals surface area (Å²) in [6, 6.07) is 0.642. The highest BCUT2D eigenvalue weighted by molar-refractivity contribution is 5.58. The Bertz CT molecular complexity index is 399. The molecule has 0 aromatic carbocycles. The van der Waals surface area contributed by atoms with Crippen molar-refractivity contribution in [1.29, 1.82) is 0 Å². The van der Waals surface area contributed by atoms with E-state index in [0.717, 1.165) is 24.6 Å². The highest BCUT2D eigenvalue weighted by Gasteiger charge is 2.22. The van der Waals surface area contributed by atoms with Gasteiger partial charge in [-0.3, -0.25) is 0 Å². The van der Waals surface area contributed by atoms with Crippen molar-refractivity contribution in [2.24, 2.45) is 0 Å². The molecule has 4 nitrogen and oxygen atoms in total. The molecule has 0 atom stereocenters. The summed E-state index contributed by atoms with van der Waals surface area (Å²) in [7, 11) is 2.19. The summed E-state index contributed by atoms with van der Waals surface area (Å²) in [6.45, 7) is 5.18. The van der Waals surface area contributed by atoms with E-state index in [1.807, 2.05) is 0 Å². The molecule has 106 valence electrons. The zero-order valence-corrected chi connectivity index (χ0v) is 12.4. The molecule has 0 spiro atoms. The van der Waals surface area contributed by atoms with Gasteiger partial charge in [0.2, 0.25) is 0 Å². The van der Waals surface area contributed by atoms with Crippen LogP contribution in [-0.2, 0) is 6.42 Å². The van der Waals surface area contributed by atoms with Gasteiger partial charge in [-0.25, -0.2) is 9.97 Å². The number of nitrogens with one attached hydrogen (secondary N) is 1. The van der Waals surface area contributed by atoms with Crippen molar-refractivity contribution in [2.75, 3.05) is 23.8 Å². The lowest BCUT2D eigenvalue weighted by molar-refractivity contribution is 0.425. The predicted molar refractivity (Wildman–Crippen MR) is 80.8 cm³/mol. The molecule has 0 amide bonds. The van der Waals surface area contributed by atoms with Crippen molar-refractivity contribution in [3.8, 4) is 0 Å². The van der Waals surface area contributed by atoms with Crippen LogP contribution in [0, 0.1) is 0 Å². The zero-order valence-electron chi connectivity index (χ0n) is 12.4. The fraction of sp³-hybridized carbons (Fsp3) is 0.733. The van der Waals surface area contributed by atoms with E-state index >= 15 is 0 Å². The monoisotopic (exact) mass is 262 g/mol. The lowest BCUT2D eigenvalue weighted by Crippen LogP contribution is -2.34. The molecule has 1 aromatic rings. The number of nitrogens with zero attached hydrogens (tertiary/aromatic N) is 3. The topological polar surface area (TPSA) is 41.1 Å². The van der Waals surface area contributed by atoms with Crippen LogP contribution in [0.5, 0.6) is 0 Å². The number of aromatic nitrogens is 2. The Hall–Kier alpha value is -1.32. The van der Waals surface area contributed by atoms with Gasteiger partial charge in [0.1, 0.15) is 18.0 Å². The lowest BCUT2D eigenvalue weighted by atomic mass is 9.94. The SMILES string of the molecule is CCNc1ncnc(N(C)C2CCCCC2)c1CC. The van der Waals surface area contributed by atoms with E-state index in [4.69, 9.17) is 0 Å². The summed E-state index contributed by atoms with van der Waals surface area (Å²) >= 11 is 0. The minimum Gasteiger partial charge on any atom is -0.370 e. The van der Waals surface area contributed by atoms with E-state index in [1.165, 1.54) is 37.7 Å². The fourth-order valence-electron chi connectivity index (χ4n) is 2.99. The van der Waals surface area contributed by atoms with E-state index < -0.39 is 0 Å². The third-order valence-electron chi connectivity index (χ3n) is 4.08. The number of hydrogen-bond donors (Lipinski definition) is 1. The van der Waals surface area contributed by atoms with Crippen LogP contribution < -0.4 is 10.2 Å². The van der Waals surface area contributed by atoms with E-state index in [9.17, 15) is 0 Å². The quantitative estimate of drug-likeness (QED) is 0.884. The molecule has 19 heavy (non-hydrogen) atoms. The summed E-state index contributed by atoms with van der Waals surface area (Å²) in [4.78, 5) is 11.3. The Morgan fingerprint density at radius 3 is 2.58 bits per heavy atom. The van der Waals surface area contributed by atoms with Gasteiger partial charge in [-0.2, -0.15) is 0 Å². The molecular weight excluding hydrogens is 236 g/mol. The van der Waals surface area contributed by atoms with E-state index in [2.05, 4.69) is 41.1 Å². The molecule has 1 aliphatic carbocycles. The average Bonchev–Trinajstić information content (AvgIpc) is 2.47. The highest BCUT2D eigenvalue weighted by atomic mass is 15.2. The van der Waals surface area contributed by atoms with Crippen LogP contribution in [0.25, 0.3) is 0 Å². The molecule has 0 radical (unpaired) electrons. The fourth-order valence-corrected chi connectivity index (χ4v) is 2.99. The van der Waals surface area contributed by atoms with E-state index in [0.29, 0.717) is 6.04 Å². The Labute approximate surface area is 116 Å². The molecule has 1 aliphatic rings. The van der Waals surface area contributed by atoms with Gasteiger partial charge in [-0.1, -0.05) is 26.2 Å². The third kappa shape index (κ3) is 3.17. The Balaban J connectivity index is 2.24. The van der Waals surface area contributed by atoms with E-state index in [1.54, 1.807) is 6.33 Å². The summed E-state index contributed by atoms with van der Waals surface area (Å²) < 4.78 is 0. The van der Waals surface area contributed by atoms with Crippen LogP contribution >= 0.6 is 0 Å². The van der Waals surface area contributed by atoms with Crippen molar-refractivity contribution < 1.29 is 0 Å². The molecule has 4 heteroatoms. The number of rotatable bonds is 5. The summed E-state index contributed by atoms with van der Waals surface area (Å²) in [5, 5.41) is 3.35. The Kier molecular flexibility index (Phi) is 5.00. The molecule has 0 bridgehead atoms. The molecule has 1 N–H and O–H groups in total. The van der Waals surface area contributed by atoms with Crippen LogP contribution in [0.15, 0.2) is 6.33 Å². The van der Waals surface area contributed by atoms with Gasteiger partial charge in [0.25, 0.3) is 0 Å². The van der Waals surface area contributed by atoms with Crippen molar-refractivity contribution in [2.45, 2.75) is 58.4 Å². The second-order valence-corrected chi connectivity index (χ2v) is 5.31. The normalized spacial score (nSPS) is 16.4. The first-order valence-corrected chi connectivity index (χ1v) is 7.58. The molecule has 1 saturated carbocycles. The van der Waals surface area contributed by atoms with Crippen molar-refractivity contribution in [3.05, 3.63) is 11.9 Å². The highest BCUT2D eigenvalue weighted by Crippen LogP contribution is 2.29. The Morgan fingerprint density at radius 1 is 1.21 bits per heavy atom. The minimum atomic E-state index is 0.642. The van der Waals surface area contributed by atoms with Gasteiger partial charge in [-0.05, 0) is 26.2 Å². The van der Waals surface area contributed by atoms with Crippen molar-refractivity contribution >= 4 is 11.6 Å². The third-order valence-corrected chi connectivity index (χ3v) is 4.08. The Morgan fingerprint density at radius 2 is 1.95 bits per heavy atom. The maximum atomic E-state index is 4.54. The largest absolute Gasteiger partial charge is 0.370 e. The maximum Gasteiger partial charge on any atom is 0.137 e. The molecule has 1 fully saturated rings. The minimum absolute atomic E-state index is 0.642. The first-order valence-electron chi connectivity index (χ1n) is 7.58. The molecule has 1 aromatic heterocycles. The van der Waals surface area contributed by atoms with Crippen LogP contribution in [0.2, 0.25) is 0 Å². The first kappa shape index (κ1) is 14.1. The smallest absolute Gasteiger partial charge is 0.137 e. The lowest BCUT2D eigenvalue weighted by Gasteiger charge is -2.33. The van der Waals surface area contributed by atoms with Crippen LogP contribution in [-0.4, -0.2) is 29.6 Å². The first-order chi connectivity index (χ1) is 9.27. The van der Waals surface area contributed by atoms with Gasteiger partial charge in [0.15, 0.2) is 0 Å². The molecule has 1 heterocycles. The standard InChI is InChI=1S/C15H26N4/c1-4-13-14(16-5-2)17-11-18-15(13)19(3)12-9-7-6-8-10-12/h11-12H,4-10H2,1-3H3,(H,16,17,18). The van der Waals surface area contributed by atoms with E-state index in [-0.39, 0.29) is 0 Å². The predicted octanol–water partition coefficient (Wildman–Crippen LogP) is 3.24. The van der Waals surface area contributed by atoms with Crippen LogP contribution in [0.1, 0.15) is 51.5 Å². The van der Waals surface area contributed by atoms with Crippen molar-refractivity contribution in [3.63, 3.8) is 0 Å². The second kappa shape index (κ2) is 6.73. The van der Waals surface area contributed by atoms with Gasteiger partial charge in [-0.15, -0.1) is 0 Å². The summed E-state index contributed by atoms with van der Waals surface area (Å²) in [5.41, 5.74) is 1.25. The van der Waals surface area contributed by atoms with Gasteiger partial charge in [0, 0.05) is 25.2 Å². The van der Waals surface area contributed by atoms with Gasteiger partial charge < -0.3 is 10.2 Å². The van der Waals surface area contributed by atoms with Gasteiger partial charge >= 0.3 is 0 Å². The summed E-state index contributed by atoms with van der Waals surface area (Å²) in [5.74, 6) is 2.11. The molecular formula is C15H26N4. The van der Waals surface area contributed by atoms with Crippen molar-refractivity contribution in [1.82, 2.24) is 9.97 Å². The average molecular weight is 262 g/mol. The molecule has 2 rings (SSSR count).